The van der Waals surface area contributed by atoms with Crippen LogP contribution in [-0.4, -0.2) is 18.9 Å². The van der Waals surface area contributed by atoms with E-state index < -0.39 is 0 Å². The Morgan fingerprint density at radius 2 is 1.68 bits per heavy atom. The fourth-order valence-corrected chi connectivity index (χ4v) is 3.09. The van der Waals surface area contributed by atoms with Crippen molar-refractivity contribution in [2.24, 2.45) is 0 Å². The van der Waals surface area contributed by atoms with Gasteiger partial charge in [-0.05, 0) is 28.3 Å². The molecule has 0 saturated carbocycles. The van der Waals surface area contributed by atoms with Crippen molar-refractivity contribution in [2.45, 2.75) is 0 Å². The maximum Gasteiger partial charge on any atom is 0.256 e. The van der Waals surface area contributed by atoms with E-state index in [-0.39, 0.29) is 11.8 Å². The largest absolute Gasteiger partial charge is 0.355 e. The summed E-state index contributed by atoms with van der Waals surface area (Å²) in [5.41, 5.74) is 1.07. The molecule has 2 amide bonds. The molecule has 1 aromatic heterocycles. The predicted molar refractivity (Wildman–Crippen MR) is 89.6 cm³/mol. The van der Waals surface area contributed by atoms with Crippen LogP contribution in [0.2, 0.25) is 0 Å². The summed E-state index contributed by atoms with van der Waals surface area (Å²) in [5, 5.41) is 9.63. The topological polar surface area (TPSA) is 58.2 Å². The number of hydrogen-bond donors (Lipinski definition) is 2. The molecule has 0 spiro atoms. The lowest BCUT2D eigenvalue weighted by Gasteiger charge is -2.08. The molecule has 3 aromatic rings. The van der Waals surface area contributed by atoms with Crippen LogP contribution in [0.3, 0.4) is 0 Å². The third kappa shape index (κ3) is 2.58. The van der Waals surface area contributed by atoms with Gasteiger partial charge in [0.15, 0.2) is 0 Å². The highest BCUT2D eigenvalue weighted by atomic mass is 32.1. The van der Waals surface area contributed by atoms with Crippen molar-refractivity contribution in [3.05, 3.63) is 65.0 Å². The second-order valence-electron chi connectivity index (χ2n) is 4.72. The van der Waals surface area contributed by atoms with Gasteiger partial charge >= 0.3 is 0 Å². The van der Waals surface area contributed by atoms with E-state index >= 15 is 0 Å². The van der Waals surface area contributed by atoms with Gasteiger partial charge in [0.05, 0.1) is 5.56 Å². The number of fused-ring (bicyclic) bond motifs is 1. The summed E-state index contributed by atoms with van der Waals surface area (Å²) in [7, 11) is 1.57. The lowest BCUT2D eigenvalue weighted by Crippen LogP contribution is -2.20. The van der Waals surface area contributed by atoms with Gasteiger partial charge in [0.25, 0.3) is 11.8 Å². The second kappa shape index (κ2) is 5.99. The molecule has 110 valence electrons. The Kier molecular flexibility index (Phi) is 3.89. The average molecular weight is 310 g/mol. The van der Waals surface area contributed by atoms with Gasteiger partial charge in [0, 0.05) is 12.6 Å². The first-order chi connectivity index (χ1) is 10.7. The van der Waals surface area contributed by atoms with Crippen LogP contribution in [0.15, 0.2) is 53.9 Å². The van der Waals surface area contributed by atoms with E-state index in [0.29, 0.717) is 16.1 Å². The van der Waals surface area contributed by atoms with Crippen LogP contribution >= 0.6 is 11.3 Å². The molecule has 0 aliphatic heterocycles. The van der Waals surface area contributed by atoms with Gasteiger partial charge in [-0.25, -0.2) is 0 Å². The standard InChI is InChI=1S/C17H14N2O2S/c1-18-15(20)14-9-10-22-17(14)19-16(21)13-8-4-6-11-5-2-3-7-12(11)13/h2-10H,1H3,(H,18,20)(H,19,21). The van der Waals surface area contributed by atoms with Crippen molar-refractivity contribution in [3.8, 4) is 0 Å². The number of benzene rings is 2. The van der Waals surface area contributed by atoms with Gasteiger partial charge in [0.1, 0.15) is 5.00 Å². The molecular weight excluding hydrogens is 296 g/mol. The van der Waals surface area contributed by atoms with E-state index in [0.717, 1.165) is 10.8 Å². The second-order valence-corrected chi connectivity index (χ2v) is 5.64. The molecule has 5 heteroatoms. The van der Waals surface area contributed by atoms with Crippen LogP contribution < -0.4 is 10.6 Å². The quantitative estimate of drug-likeness (QED) is 0.777. The zero-order chi connectivity index (χ0) is 15.5. The summed E-state index contributed by atoms with van der Waals surface area (Å²) in [4.78, 5) is 24.3. The number of anilines is 1. The van der Waals surface area contributed by atoms with Crippen LogP contribution in [0.5, 0.6) is 0 Å². The maximum absolute atomic E-state index is 12.6. The summed E-state index contributed by atoms with van der Waals surface area (Å²) < 4.78 is 0. The number of amides is 2. The Hall–Kier alpha value is -2.66. The molecule has 0 radical (unpaired) electrons. The minimum absolute atomic E-state index is 0.213. The number of rotatable bonds is 3. The van der Waals surface area contributed by atoms with Crippen molar-refractivity contribution in [1.82, 2.24) is 5.32 Å². The van der Waals surface area contributed by atoms with Crippen molar-refractivity contribution in [2.75, 3.05) is 12.4 Å². The molecule has 0 bridgehead atoms. The highest BCUT2D eigenvalue weighted by Crippen LogP contribution is 2.25. The van der Waals surface area contributed by atoms with Crippen LogP contribution in [0.1, 0.15) is 20.7 Å². The summed E-state index contributed by atoms with van der Waals surface area (Å²) >= 11 is 1.33. The van der Waals surface area contributed by atoms with E-state index in [1.165, 1.54) is 11.3 Å². The van der Waals surface area contributed by atoms with E-state index in [2.05, 4.69) is 10.6 Å². The SMILES string of the molecule is CNC(=O)c1ccsc1NC(=O)c1cccc2ccccc12. The Morgan fingerprint density at radius 1 is 0.909 bits per heavy atom. The van der Waals surface area contributed by atoms with Crippen LogP contribution in [0, 0.1) is 0 Å². The number of hydrogen-bond acceptors (Lipinski definition) is 3. The van der Waals surface area contributed by atoms with Gasteiger partial charge in [0.2, 0.25) is 0 Å². The Balaban J connectivity index is 1.95. The fourth-order valence-electron chi connectivity index (χ4n) is 2.31. The van der Waals surface area contributed by atoms with E-state index in [9.17, 15) is 9.59 Å². The summed E-state index contributed by atoms with van der Waals surface area (Å²) in [6, 6.07) is 15.0. The first kappa shape index (κ1) is 14.3. The van der Waals surface area contributed by atoms with Gasteiger partial charge in [-0.15, -0.1) is 11.3 Å². The number of carbonyl (C=O) groups is 2. The van der Waals surface area contributed by atoms with E-state index in [1.54, 1.807) is 24.6 Å². The van der Waals surface area contributed by atoms with Gasteiger partial charge in [-0.3, -0.25) is 9.59 Å². The zero-order valence-electron chi connectivity index (χ0n) is 11.9. The Labute approximate surface area is 131 Å². The third-order valence-electron chi connectivity index (χ3n) is 3.40. The van der Waals surface area contributed by atoms with Crippen LogP contribution in [0.4, 0.5) is 5.00 Å². The predicted octanol–water partition coefficient (Wildman–Crippen LogP) is 3.51. The first-order valence-electron chi connectivity index (χ1n) is 6.79. The minimum Gasteiger partial charge on any atom is -0.355 e. The van der Waals surface area contributed by atoms with Crippen molar-refractivity contribution >= 4 is 38.9 Å². The molecule has 0 aliphatic carbocycles. The lowest BCUT2D eigenvalue weighted by atomic mass is 10.0. The normalized spacial score (nSPS) is 10.4. The summed E-state index contributed by atoms with van der Waals surface area (Å²) in [5.74, 6) is -0.432. The Bertz CT molecular complexity index is 849. The molecular formula is C17H14N2O2S. The molecule has 22 heavy (non-hydrogen) atoms. The smallest absolute Gasteiger partial charge is 0.256 e. The molecule has 0 fully saturated rings. The molecule has 0 aliphatic rings. The number of carbonyl (C=O) groups excluding carboxylic acids is 2. The highest BCUT2D eigenvalue weighted by molar-refractivity contribution is 7.14. The van der Waals surface area contributed by atoms with Crippen molar-refractivity contribution < 1.29 is 9.59 Å². The van der Waals surface area contributed by atoms with Crippen LogP contribution in [-0.2, 0) is 0 Å². The molecule has 3 rings (SSSR count). The highest BCUT2D eigenvalue weighted by Gasteiger charge is 2.16. The van der Waals surface area contributed by atoms with Crippen LogP contribution in [0.25, 0.3) is 10.8 Å². The first-order valence-corrected chi connectivity index (χ1v) is 7.67. The zero-order valence-corrected chi connectivity index (χ0v) is 12.7. The van der Waals surface area contributed by atoms with Crippen molar-refractivity contribution in [3.63, 3.8) is 0 Å². The minimum atomic E-state index is -0.218. The van der Waals surface area contributed by atoms with Crippen molar-refractivity contribution in [1.29, 1.82) is 0 Å². The van der Waals surface area contributed by atoms with E-state index in [1.807, 2.05) is 36.4 Å². The Morgan fingerprint density at radius 3 is 2.50 bits per heavy atom. The fraction of sp³-hybridized carbons (Fsp3) is 0.0588. The van der Waals surface area contributed by atoms with Gasteiger partial charge in [-0.2, -0.15) is 0 Å². The summed E-state index contributed by atoms with van der Waals surface area (Å²) in [6.45, 7) is 0. The maximum atomic E-state index is 12.6. The lowest BCUT2D eigenvalue weighted by molar-refractivity contribution is 0.0964. The number of thiophene rings is 1. The van der Waals surface area contributed by atoms with Gasteiger partial charge < -0.3 is 10.6 Å². The average Bonchev–Trinajstić information content (AvgIpc) is 3.01. The van der Waals surface area contributed by atoms with E-state index in [4.69, 9.17) is 0 Å². The third-order valence-corrected chi connectivity index (χ3v) is 4.23. The van der Waals surface area contributed by atoms with Gasteiger partial charge in [-0.1, -0.05) is 36.4 Å². The molecule has 2 aromatic carbocycles. The molecule has 0 unspecified atom stereocenters. The summed E-state index contributed by atoms with van der Waals surface area (Å²) in [6.07, 6.45) is 0. The number of nitrogens with one attached hydrogen (secondary N) is 2. The molecule has 0 saturated heterocycles. The molecule has 0 atom stereocenters. The molecule has 1 heterocycles. The molecule has 4 nitrogen and oxygen atoms in total. The monoisotopic (exact) mass is 310 g/mol. The molecule has 2 N–H and O–H groups in total.